The van der Waals surface area contributed by atoms with Gasteiger partial charge < -0.3 is 9.84 Å². The largest absolute Gasteiger partial charge is 0.339 e. The van der Waals surface area contributed by atoms with E-state index < -0.39 is 0 Å². The molecule has 2 aromatic heterocycles. The van der Waals surface area contributed by atoms with Crippen molar-refractivity contribution in [2.45, 2.75) is 46.1 Å². The Kier molecular flexibility index (Phi) is 5.46. The van der Waals surface area contributed by atoms with Gasteiger partial charge in [0, 0.05) is 24.5 Å². The van der Waals surface area contributed by atoms with Gasteiger partial charge in [-0.1, -0.05) is 35.8 Å². The molecule has 0 unspecified atom stereocenters. The van der Waals surface area contributed by atoms with E-state index in [0.717, 1.165) is 17.5 Å². The fourth-order valence-corrected chi connectivity index (χ4v) is 2.62. The van der Waals surface area contributed by atoms with Gasteiger partial charge in [0.15, 0.2) is 0 Å². The summed E-state index contributed by atoms with van der Waals surface area (Å²) in [4.78, 5) is 16.6. The zero-order valence-electron chi connectivity index (χ0n) is 15.3. The fourth-order valence-electron chi connectivity index (χ4n) is 2.62. The minimum atomic E-state index is -0.106. The Hall–Kier alpha value is -2.96. The summed E-state index contributed by atoms with van der Waals surface area (Å²) >= 11 is 0. The van der Waals surface area contributed by atoms with Crippen molar-refractivity contribution in [2.75, 3.05) is 5.32 Å². The summed E-state index contributed by atoms with van der Waals surface area (Å²) in [6.07, 6.45) is 3.28. The highest BCUT2D eigenvalue weighted by molar-refractivity contribution is 5.89. The molecule has 2 heterocycles. The lowest BCUT2D eigenvalue weighted by molar-refractivity contribution is -0.116. The molecule has 7 nitrogen and oxygen atoms in total. The molecular weight excluding hydrogens is 330 g/mol. The molecule has 136 valence electrons. The first-order valence-electron chi connectivity index (χ1n) is 8.79. The van der Waals surface area contributed by atoms with Crippen molar-refractivity contribution < 1.29 is 9.32 Å². The van der Waals surface area contributed by atoms with E-state index in [1.54, 1.807) is 12.3 Å². The number of rotatable bonds is 7. The number of hydrogen-bond acceptors (Lipinski definition) is 5. The highest BCUT2D eigenvalue weighted by atomic mass is 16.5. The van der Waals surface area contributed by atoms with Crippen molar-refractivity contribution in [1.82, 2.24) is 19.9 Å². The summed E-state index contributed by atoms with van der Waals surface area (Å²) < 4.78 is 7.09. The van der Waals surface area contributed by atoms with Crippen molar-refractivity contribution in [3.63, 3.8) is 0 Å². The summed E-state index contributed by atoms with van der Waals surface area (Å²) in [7, 11) is 0. The predicted octanol–water partition coefficient (Wildman–Crippen LogP) is 3.78. The van der Waals surface area contributed by atoms with E-state index in [4.69, 9.17) is 4.52 Å². The molecule has 0 aliphatic heterocycles. The van der Waals surface area contributed by atoms with E-state index in [1.165, 1.54) is 0 Å². The lowest BCUT2D eigenvalue weighted by Gasteiger charge is -2.13. The molecule has 0 fully saturated rings. The van der Waals surface area contributed by atoms with E-state index in [-0.39, 0.29) is 18.4 Å². The lowest BCUT2D eigenvalue weighted by Crippen LogP contribution is -2.17. The number of nitrogens with one attached hydrogen (secondary N) is 1. The number of benzene rings is 1. The SMILES string of the molecule is CC[C@@H](C)n1nccc1NC(=O)CCc1nc(-c2cccc(C)c2)no1. The maximum Gasteiger partial charge on any atom is 0.227 e. The third-order valence-corrected chi connectivity index (χ3v) is 4.26. The third kappa shape index (κ3) is 4.17. The van der Waals surface area contributed by atoms with Crippen LogP contribution in [-0.2, 0) is 11.2 Å². The molecule has 3 rings (SSSR count). The Morgan fingerprint density at radius 1 is 1.35 bits per heavy atom. The quantitative estimate of drug-likeness (QED) is 0.698. The average Bonchev–Trinajstić information content (AvgIpc) is 3.29. The van der Waals surface area contributed by atoms with Gasteiger partial charge in [0.2, 0.25) is 17.6 Å². The minimum Gasteiger partial charge on any atom is -0.339 e. The molecule has 1 atom stereocenters. The molecule has 0 spiro atoms. The Bertz CT molecular complexity index is 883. The highest BCUT2D eigenvalue weighted by Gasteiger charge is 2.14. The Morgan fingerprint density at radius 2 is 2.19 bits per heavy atom. The predicted molar refractivity (Wildman–Crippen MR) is 98.7 cm³/mol. The van der Waals surface area contributed by atoms with Crippen LogP contribution >= 0.6 is 0 Å². The van der Waals surface area contributed by atoms with Gasteiger partial charge in [0.05, 0.1) is 12.2 Å². The molecule has 3 aromatic rings. The van der Waals surface area contributed by atoms with Crippen LogP contribution < -0.4 is 5.32 Å². The number of nitrogens with zero attached hydrogens (tertiary/aromatic N) is 4. The molecule has 0 bridgehead atoms. The Balaban J connectivity index is 1.58. The van der Waals surface area contributed by atoms with E-state index >= 15 is 0 Å². The van der Waals surface area contributed by atoms with Crippen LogP contribution in [0.3, 0.4) is 0 Å². The zero-order chi connectivity index (χ0) is 18.5. The summed E-state index contributed by atoms with van der Waals surface area (Å²) in [6, 6.07) is 9.93. The van der Waals surface area contributed by atoms with Crippen molar-refractivity contribution >= 4 is 11.7 Å². The molecule has 7 heteroatoms. The van der Waals surface area contributed by atoms with Crippen molar-refractivity contribution in [1.29, 1.82) is 0 Å². The molecular formula is C19H23N5O2. The van der Waals surface area contributed by atoms with Crippen molar-refractivity contribution in [3.8, 4) is 11.4 Å². The number of anilines is 1. The van der Waals surface area contributed by atoms with Gasteiger partial charge in [-0.25, -0.2) is 4.68 Å². The monoisotopic (exact) mass is 353 g/mol. The van der Waals surface area contributed by atoms with Gasteiger partial charge in [0.1, 0.15) is 5.82 Å². The standard InChI is InChI=1S/C19H23N5O2/c1-4-14(3)24-16(10-11-20-24)21-17(25)8-9-18-22-19(23-26-18)15-7-5-6-13(2)12-15/h5-7,10-12,14H,4,8-9H2,1-3H3,(H,21,25)/t14-/m1/s1. The number of aryl methyl sites for hydroxylation is 2. The van der Waals surface area contributed by atoms with Crippen LogP contribution in [-0.4, -0.2) is 25.8 Å². The van der Waals surface area contributed by atoms with E-state index in [0.29, 0.717) is 24.0 Å². The van der Waals surface area contributed by atoms with Gasteiger partial charge in [0.25, 0.3) is 0 Å². The number of aromatic nitrogens is 4. The molecule has 0 saturated carbocycles. The maximum absolute atomic E-state index is 12.2. The van der Waals surface area contributed by atoms with Crippen LogP contribution in [0.15, 0.2) is 41.1 Å². The van der Waals surface area contributed by atoms with Crippen LogP contribution in [0.25, 0.3) is 11.4 Å². The lowest BCUT2D eigenvalue weighted by atomic mass is 10.1. The Labute approximate surface area is 152 Å². The second-order valence-corrected chi connectivity index (χ2v) is 6.35. The second kappa shape index (κ2) is 7.95. The summed E-state index contributed by atoms with van der Waals surface area (Å²) in [5.74, 6) is 1.59. The fraction of sp³-hybridized carbons (Fsp3) is 0.368. The number of amides is 1. The maximum atomic E-state index is 12.2. The van der Waals surface area contributed by atoms with Gasteiger partial charge in [-0.2, -0.15) is 10.1 Å². The molecule has 0 saturated heterocycles. The van der Waals surface area contributed by atoms with Gasteiger partial charge in [-0.05, 0) is 26.3 Å². The zero-order valence-corrected chi connectivity index (χ0v) is 15.3. The van der Waals surface area contributed by atoms with E-state index in [9.17, 15) is 4.79 Å². The molecule has 0 aliphatic carbocycles. The normalized spacial score (nSPS) is 12.1. The highest BCUT2D eigenvalue weighted by Crippen LogP contribution is 2.18. The van der Waals surface area contributed by atoms with Crippen LogP contribution in [0.4, 0.5) is 5.82 Å². The summed E-state index contributed by atoms with van der Waals surface area (Å²) in [5, 5.41) is 11.2. The van der Waals surface area contributed by atoms with Crippen molar-refractivity contribution in [2.24, 2.45) is 0 Å². The van der Waals surface area contributed by atoms with E-state index in [2.05, 4.69) is 34.4 Å². The van der Waals surface area contributed by atoms with Gasteiger partial charge in [-0.3, -0.25) is 4.79 Å². The van der Waals surface area contributed by atoms with Gasteiger partial charge >= 0.3 is 0 Å². The first-order valence-corrected chi connectivity index (χ1v) is 8.79. The van der Waals surface area contributed by atoms with Crippen molar-refractivity contribution in [3.05, 3.63) is 48.0 Å². The number of carbonyl (C=O) groups excluding carboxylic acids is 1. The third-order valence-electron chi connectivity index (χ3n) is 4.26. The second-order valence-electron chi connectivity index (χ2n) is 6.35. The Morgan fingerprint density at radius 3 is 2.96 bits per heavy atom. The first-order chi connectivity index (χ1) is 12.6. The minimum absolute atomic E-state index is 0.106. The van der Waals surface area contributed by atoms with Crippen LogP contribution in [0.1, 0.15) is 44.2 Å². The average molecular weight is 353 g/mol. The van der Waals surface area contributed by atoms with Crippen LogP contribution in [0, 0.1) is 6.92 Å². The van der Waals surface area contributed by atoms with Crippen LogP contribution in [0.5, 0.6) is 0 Å². The molecule has 26 heavy (non-hydrogen) atoms. The molecule has 0 radical (unpaired) electrons. The molecule has 1 N–H and O–H groups in total. The molecule has 0 aliphatic rings. The van der Waals surface area contributed by atoms with Gasteiger partial charge in [-0.15, -0.1) is 0 Å². The van der Waals surface area contributed by atoms with Crippen LogP contribution in [0.2, 0.25) is 0 Å². The molecule has 1 aromatic carbocycles. The summed E-state index contributed by atoms with van der Waals surface area (Å²) in [6.45, 7) is 6.16. The number of carbonyl (C=O) groups is 1. The smallest absolute Gasteiger partial charge is 0.227 e. The van der Waals surface area contributed by atoms with E-state index in [1.807, 2.05) is 35.9 Å². The first kappa shape index (κ1) is 17.8. The summed E-state index contributed by atoms with van der Waals surface area (Å²) in [5.41, 5.74) is 2.04. The number of hydrogen-bond donors (Lipinski definition) is 1. The molecule has 1 amide bonds. The topological polar surface area (TPSA) is 85.8 Å².